The van der Waals surface area contributed by atoms with Gasteiger partial charge in [0.15, 0.2) is 0 Å². The highest BCUT2D eigenvalue weighted by molar-refractivity contribution is 4.68. The molecular formula is C12H26O2. The standard InChI is InChI=1S/C12H26O2/c1-5-9-12(14-8-4)11(6-2)10-13-7-3/h11-12H,5-10H2,1-4H3. The van der Waals surface area contributed by atoms with Crippen LogP contribution in [0.15, 0.2) is 0 Å². The highest BCUT2D eigenvalue weighted by atomic mass is 16.5. The maximum atomic E-state index is 5.75. The smallest absolute Gasteiger partial charge is 0.0624 e. The summed E-state index contributed by atoms with van der Waals surface area (Å²) in [5.74, 6) is 0.565. The van der Waals surface area contributed by atoms with Crippen LogP contribution < -0.4 is 0 Å². The third kappa shape index (κ3) is 5.61. The van der Waals surface area contributed by atoms with Crippen molar-refractivity contribution in [3.63, 3.8) is 0 Å². The zero-order valence-corrected chi connectivity index (χ0v) is 10.2. The molecule has 0 saturated heterocycles. The van der Waals surface area contributed by atoms with Gasteiger partial charge in [-0.15, -0.1) is 0 Å². The fourth-order valence-corrected chi connectivity index (χ4v) is 1.71. The van der Waals surface area contributed by atoms with Crippen molar-refractivity contribution in [2.45, 2.75) is 53.1 Å². The molecule has 0 aliphatic carbocycles. The molecule has 2 unspecified atom stereocenters. The minimum Gasteiger partial charge on any atom is -0.381 e. The van der Waals surface area contributed by atoms with Crippen molar-refractivity contribution in [2.75, 3.05) is 19.8 Å². The van der Waals surface area contributed by atoms with Crippen LogP contribution in [0.4, 0.5) is 0 Å². The first kappa shape index (κ1) is 13.9. The van der Waals surface area contributed by atoms with Crippen molar-refractivity contribution in [2.24, 2.45) is 5.92 Å². The maximum Gasteiger partial charge on any atom is 0.0624 e. The van der Waals surface area contributed by atoms with Crippen molar-refractivity contribution < 1.29 is 9.47 Å². The second-order valence-corrected chi connectivity index (χ2v) is 3.61. The SMILES string of the molecule is CCCC(OCC)C(CC)COCC. The van der Waals surface area contributed by atoms with E-state index in [2.05, 4.69) is 20.8 Å². The van der Waals surface area contributed by atoms with E-state index in [0.717, 1.165) is 32.7 Å². The predicted octanol–water partition coefficient (Wildman–Crippen LogP) is 3.25. The molecule has 0 aromatic carbocycles. The first-order valence-corrected chi connectivity index (χ1v) is 5.99. The van der Waals surface area contributed by atoms with E-state index in [1.54, 1.807) is 0 Å². The number of hydrogen-bond donors (Lipinski definition) is 0. The Labute approximate surface area is 89.0 Å². The first-order valence-electron chi connectivity index (χ1n) is 5.99. The van der Waals surface area contributed by atoms with Gasteiger partial charge in [-0.3, -0.25) is 0 Å². The quantitative estimate of drug-likeness (QED) is 0.571. The fraction of sp³-hybridized carbons (Fsp3) is 1.00. The molecule has 0 amide bonds. The molecule has 2 atom stereocenters. The molecule has 0 spiro atoms. The summed E-state index contributed by atoms with van der Waals surface area (Å²) in [5.41, 5.74) is 0. The summed E-state index contributed by atoms with van der Waals surface area (Å²) in [6.07, 6.45) is 3.87. The molecule has 0 rings (SSSR count). The van der Waals surface area contributed by atoms with Crippen molar-refractivity contribution >= 4 is 0 Å². The van der Waals surface area contributed by atoms with E-state index in [1.807, 2.05) is 6.92 Å². The van der Waals surface area contributed by atoms with Gasteiger partial charge in [0.1, 0.15) is 0 Å². The van der Waals surface area contributed by atoms with Crippen molar-refractivity contribution in [3.05, 3.63) is 0 Å². The fourth-order valence-electron chi connectivity index (χ4n) is 1.71. The Balaban J connectivity index is 3.96. The van der Waals surface area contributed by atoms with Gasteiger partial charge in [-0.25, -0.2) is 0 Å². The van der Waals surface area contributed by atoms with E-state index in [4.69, 9.17) is 9.47 Å². The molecule has 0 aliphatic heterocycles. The molecule has 0 N–H and O–H groups in total. The Morgan fingerprint density at radius 3 is 2.14 bits per heavy atom. The van der Waals surface area contributed by atoms with Gasteiger partial charge in [-0.1, -0.05) is 20.3 Å². The number of ether oxygens (including phenoxy) is 2. The lowest BCUT2D eigenvalue weighted by atomic mass is 9.96. The third-order valence-electron chi connectivity index (χ3n) is 2.54. The summed E-state index contributed by atoms with van der Waals surface area (Å²) >= 11 is 0. The van der Waals surface area contributed by atoms with E-state index < -0.39 is 0 Å². The van der Waals surface area contributed by atoms with Crippen molar-refractivity contribution in [1.29, 1.82) is 0 Å². The Morgan fingerprint density at radius 2 is 1.71 bits per heavy atom. The highest BCUT2D eigenvalue weighted by Gasteiger charge is 2.19. The summed E-state index contributed by atoms with van der Waals surface area (Å²) in [6, 6.07) is 0. The topological polar surface area (TPSA) is 18.5 Å². The summed E-state index contributed by atoms with van der Waals surface area (Å²) in [5, 5.41) is 0. The molecule has 0 aliphatic rings. The zero-order valence-electron chi connectivity index (χ0n) is 10.2. The van der Waals surface area contributed by atoms with Crippen LogP contribution in [0.25, 0.3) is 0 Å². The monoisotopic (exact) mass is 202 g/mol. The van der Waals surface area contributed by atoms with Crippen LogP contribution in [0.3, 0.4) is 0 Å². The van der Waals surface area contributed by atoms with Crippen LogP contribution in [0.5, 0.6) is 0 Å². The summed E-state index contributed by atoms with van der Waals surface area (Å²) in [4.78, 5) is 0. The summed E-state index contributed by atoms with van der Waals surface area (Å²) < 4.78 is 11.2. The van der Waals surface area contributed by atoms with Gasteiger partial charge in [0.05, 0.1) is 12.7 Å². The van der Waals surface area contributed by atoms with Crippen LogP contribution in [0.1, 0.15) is 47.0 Å². The van der Waals surface area contributed by atoms with E-state index in [0.29, 0.717) is 12.0 Å². The molecule has 86 valence electrons. The molecule has 0 aromatic rings. The van der Waals surface area contributed by atoms with Crippen LogP contribution in [-0.2, 0) is 9.47 Å². The molecule has 0 heterocycles. The maximum absolute atomic E-state index is 5.75. The molecule has 2 heteroatoms. The molecule has 0 fully saturated rings. The summed E-state index contributed by atoms with van der Waals surface area (Å²) in [7, 11) is 0. The lowest BCUT2D eigenvalue weighted by molar-refractivity contribution is -0.0217. The Kier molecular flexibility index (Phi) is 9.42. The highest BCUT2D eigenvalue weighted by Crippen LogP contribution is 2.17. The first-order chi connectivity index (χ1) is 6.79. The number of hydrogen-bond acceptors (Lipinski definition) is 2. The second kappa shape index (κ2) is 9.47. The van der Waals surface area contributed by atoms with Crippen LogP contribution >= 0.6 is 0 Å². The molecule has 0 saturated carbocycles. The molecule has 0 aromatic heterocycles. The molecule has 14 heavy (non-hydrogen) atoms. The minimum absolute atomic E-state index is 0.390. The molecule has 2 nitrogen and oxygen atoms in total. The Hall–Kier alpha value is -0.0800. The van der Waals surface area contributed by atoms with E-state index in [9.17, 15) is 0 Å². The van der Waals surface area contributed by atoms with Gasteiger partial charge in [-0.2, -0.15) is 0 Å². The Morgan fingerprint density at radius 1 is 1.00 bits per heavy atom. The minimum atomic E-state index is 0.390. The zero-order chi connectivity index (χ0) is 10.8. The second-order valence-electron chi connectivity index (χ2n) is 3.61. The lowest BCUT2D eigenvalue weighted by Crippen LogP contribution is -2.27. The average Bonchev–Trinajstić information content (AvgIpc) is 2.19. The van der Waals surface area contributed by atoms with E-state index in [-0.39, 0.29) is 0 Å². The average molecular weight is 202 g/mol. The molecular weight excluding hydrogens is 176 g/mol. The van der Waals surface area contributed by atoms with E-state index >= 15 is 0 Å². The Bertz CT molecular complexity index is 109. The van der Waals surface area contributed by atoms with Crippen molar-refractivity contribution in [3.8, 4) is 0 Å². The van der Waals surface area contributed by atoms with E-state index in [1.165, 1.54) is 6.42 Å². The lowest BCUT2D eigenvalue weighted by Gasteiger charge is -2.25. The largest absolute Gasteiger partial charge is 0.381 e. The van der Waals surface area contributed by atoms with Crippen LogP contribution in [0, 0.1) is 5.92 Å². The van der Waals surface area contributed by atoms with Gasteiger partial charge < -0.3 is 9.47 Å². The molecule has 0 bridgehead atoms. The molecule has 0 radical (unpaired) electrons. The van der Waals surface area contributed by atoms with Gasteiger partial charge in [0.25, 0.3) is 0 Å². The van der Waals surface area contributed by atoms with Gasteiger partial charge in [-0.05, 0) is 26.7 Å². The van der Waals surface area contributed by atoms with Gasteiger partial charge >= 0.3 is 0 Å². The third-order valence-corrected chi connectivity index (χ3v) is 2.54. The normalized spacial score (nSPS) is 15.4. The van der Waals surface area contributed by atoms with Crippen molar-refractivity contribution in [1.82, 2.24) is 0 Å². The summed E-state index contributed by atoms with van der Waals surface area (Å²) in [6.45, 7) is 11.0. The van der Waals surface area contributed by atoms with Crippen LogP contribution in [-0.4, -0.2) is 25.9 Å². The predicted molar refractivity (Wildman–Crippen MR) is 60.6 cm³/mol. The number of rotatable bonds is 9. The van der Waals surface area contributed by atoms with Crippen LogP contribution in [0.2, 0.25) is 0 Å². The van der Waals surface area contributed by atoms with Gasteiger partial charge in [0.2, 0.25) is 0 Å². The van der Waals surface area contributed by atoms with Gasteiger partial charge in [0, 0.05) is 19.1 Å².